The van der Waals surface area contributed by atoms with Crippen molar-refractivity contribution >= 4 is 75.1 Å². The molecule has 0 aliphatic carbocycles. The van der Waals surface area contributed by atoms with Crippen LogP contribution in [0.3, 0.4) is 0 Å². The highest BCUT2D eigenvalue weighted by molar-refractivity contribution is 14.1. The van der Waals surface area contributed by atoms with Crippen molar-refractivity contribution in [3.05, 3.63) is 92.0 Å². The second kappa shape index (κ2) is 10.5. The molecule has 172 valence electrons. The number of methoxy groups -OCH3 is 1. The average Bonchev–Trinajstić information content (AvgIpc) is 2.82. The fraction of sp³-hybridized carbons (Fsp3) is 0.0800. The van der Waals surface area contributed by atoms with Crippen LogP contribution in [0.2, 0.25) is 5.02 Å². The summed E-state index contributed by atoms with van der Waals surface area (Å²) in [6.45, 7) is 0.261. The Morgan fingerprint density at radius 1 is 1.09 bits per heavy atom. The summed E-state index contributed by atoms with van der Waals surface area (Å²) in [6, 6.07) is 19.8. The van der Waals surface area contributed by atoms with Gasteiger partial charge in [0.1, 0.15) is 12.2 Å². The SMILES string of the molecule is COc1cc(/C=C2/C(=O)NC(=S)N(c3ccccc3)C2=O)cc(I)c1OCc1ccccc1Cl. The normalized spacial score (nSPS) is 14.9. The van der Waals surface area contributed by atoms with E-state index < -0.39 is 11.8 Å². The Hall–Kier alpha value is -2.95. The zero-order valence-corrected chi connectivity index (χ0v) is 21.6. The number of benzene rings is 3. The molecule has 0 unspecified atom stereocenters. The third-order valence-electron chi connectivity index (χ3n) is 5.01. The van der Waals surface area contributed by atoms with Crippen LogP contribution in [0.25, 0.3) is 6.08 Å². The summed E-state index contributed by atoms with van der Waals surface area (Å²) in [5.41, 5.74) is 1.97. The maximum atomic E-state index is 13.2. The molecule has 0 aromatic heterocycles. The van der Waals surface area contributed by atoms with Gasteiger partial charge in [-0.05, 0) is 76.8 Å². The van der Waals surface area contributed by atoms with E-state index in [2.05, 4.69) is 27.9 Å². The van der Waals surface area contributed by atoms with Crippen LogP contribution >= 0.6 is 46.4 Å². The first-order valence-corrected chi connectivity index (χ1v) is 12.0. The summed E-state index contributed by atoms with van der Waals surface area (Å²) in [6.07, 6.45) is 1.51. The van der Waals surface area contributed by atoms with Crippen LogP contribution in [0.5, 0.6) is 11.5 Å². The van der Waals surface area contributed by atoms with Crippen LogP contribution < -0.4 is 19.7 Å². The Labute approximate surface area is 220 Å². The van der Waals surface area contributed by atoms with Crippen molar-refractivity contribution in [2.24, 2.45) is 0 Å². The van der Waals surface area contributed by atoms with E-state index in [4.69, 9.17) is 33.3 Å². The molecular formula is C25H18ClIN2O4S. The number of rotatable bonds is 6. The minimum absolute atomic E-state index is 0.0360. The number of amides is 2. The van der Waals surface area contributed by atoms with Gasteiger partial charge in [0.15, 0.2) is 16.6 Å². The number of anilines is 1. The van der Waals surface area contributed by atoms with Crippen molar-refractivity contribution in [3.63, 3.8) is 0 Å². The van der Waals surface area contributed by atoms with E-state index in [1.807, 2.05) is 24.3 Å². The Morgan fingerprint density at radius 3 is 2.50 bits per heavy atom. The number of thiocarbonyl (C=S) groups is 1. The number of nitrogens with zero attached hydrogens (tertiary/aromatic N) is 1. The van der Waals surface area contributed by atoms with Crippen molar-refractivity contribution in [1.82, 2.24) is 5.32 Å². The zero-order chi connectivity index (χ0) is 24.2. The summed E-state index contributed by atoms with van der Waals surface area (Å²) in [5, 5.41) is 3.23. The number of hydrogen-bond donors (Lipinski definition) is 1. The molecule has 6 nitrogen and oxygen atoms in total. The molecule has 1 N–H and O–H groups in total. The summed E-state index contributed by atoms with van der Waals surface area (Å²) in [7, 11) is 1.53. The van der Waals surface area contributed by atoms with Crippen molar-refractivity contribution in [2.45, 2.75) is 6.61 Å². The van der Waals surface area contributed by atoms with Gasteiger partial charge in [-0.2, -0.15) is 0 Å². The van der Waals surface area contributed by atoms with Crippen molar-refractivity contribution in [1.29, 1.82) is 0 Å². The molecule has 0 atom stereocenters. The average molecular weight is 605 g/mol. The fourth-order valence-corrected chi connectivity index (χ4v) is 4.62. The van der Waals surface area contributed by atoms with Crippen molar-refractivity contribution < 1.29 is 19.1 Å². The molecule has 0 bridgehead atoms. The predicted octanol–water partition coefficient (Wildman–Crippen LogP) is 5.36. The predicted molar refractivity (Wildman–Crippen MR) is 144 cm³/mol. The van der Waals surface area contributed by atoms with Gasteiger partial charge in [0.2, 0.25) is 0 Å². The van der Waals surface area contributed by atoms with E-state index >= 15 is 0 Å². The van der Waals surface area contributed by atoms with Gasteiger partial charge in [0, 0.05) is 10.6 Å². The molecule has 2 amide bonds. The molecule has 34 heavy (non-hydrogen) atoms. The molecule has 1 heterocycles. The summed E-state index contributed by atoms with van der Waals surface area (Å²) in [4.78, 5) is 27.1. The minimum atomic E-state index is -0.560. The fourth-order valence-electron chi connectivity index (χ4n) is 3.36. The van der Waals surface area contributed by atoms with Crippen LogP contribution in [-0.2, 0) is 16.2 Å². The van der Waals surface area contributed by atoms with Gasteiger partial charge < -0.3 is 9.47 Å². The van der Waals surface area contributed by atoms with Crippen LogP contribution in [0.15, 0.2) is 72.3 Å². The van der Waals surface area contributed by atoms with E-state index in [0.29, 0.717) is 27.8 Å². The first-order chi connectivity index (χ1) is 16.4. The Bertz CT molecular complexity index is 1310. The monoisotopic (exact) mass is 604 g/mol. The number of para-hydroxylation sites is 1. The molecular weight excluding hydrogens is 587 g/mol. The zero-order valence-electron chi connectivity index (χ0n) is 17.9. The lowest BCUT2D eigenvalue weighted by atomic mass is 10.1. The highest BCUT2D eigenvalue weighted by atomic mass is 127. The van der Waals surface area contributed by atoms with Gasteiger partial charge in [0.25, 0.3) is 11.8 Å². The Balaban J connectivity index is 1.65. The molecule has 0 radical (unpaired) electrons. The minimum Gasteiger partial charge on any atom is -0.493 e. The lowest BCUT2D eigenvalue weighted by Crippen LogP contribution is -2.54. The molecule has 0 spiro atoms. The van der Waals surface area contributed by atoms with Gasteiger partial charge in [-0.3, -0.25) is 19.8 Å². The molecule has 1 fully saturated rings. The molecule has 0 saturated carbocycles. The Morgan fingerprint density at radius 2 is 1.79 bits per heavy atom. The number of hydrogen-bond acceptors (Lipinski definition) is 5. The second-order valence-corrected chi connectivity index (χ2v) is 9.16. The van der Waals surface area contributed by atoms with Crippen LogP contribution in [0, 0.1) is 3.57 Å². The van der Waals surface area contributed by atoms with Crippen molar-refractivity contribution in [3.8, 4) is 11.5 Å². The quantitative estimate of drug-likeness (QED) is 0.178. The van der Waals surface area contributed by atoms with E-state index in [1.165, 1.54) is 18.1 Å². The largest absolute Gasteiger partial charge is 0.493 e. The van der Waals surface area contributed by atoms with Crippen LogP contribution in [0.4, 0.5) is 5.69 Å². The van der Waals surface area contributed by atoms with Gasteiger partial charge >= 0.3 is 0 Å². The number of halogens is 2. The first-order valence-electron chi connectivity index (χ1n) is 10.1. The first kappa shape index (κ1) is 24.2. The molecule has 3 aromatic rings. The lowest BCUT2D eigenvalue weighted by molar-refractivity contribution is -0.122. The third-order valence-corrected chi connectivity index (χ3v) is 6.46. The Kier molecular flexibility index (Phi) is 7.50. The van der Waals surface area contributed by atoms with Crippen molar-refractivity contribution in [2.75, 3.05) is 12.0 Å². The lowest BCUT2D eigenvalue weighted by Gasteiger charge is -2.28. The summed E-state index contributed by atoms with van der Waals surface area (Å²) in [5.74, 6) is -0.0650. The summed E-state index contributed by atoms with van der Waals surface area (Å²) >= 11 is 13.6. The maximum Gasteiger partial charge on any atom is 0.270 e. The number of nitrogens with one attached hydrogen (secondary N) is 1. The standard InChI is InChI=1S/C25H18ClIN2O4S/c1-32-21-13-15(12-20(27)22(21)33-14-16-7-5-6-10-19(16)26)11-18-23(30)28-25(34)29(24(18)31)17-8-3-2-4-9-17/h2-13H,14H2,1H3,(H,28,30,34)/b18-11-. The van der Waals surface area contributed by atoms with Gasteiger partial charge in [-0.1, -0.05) is 48.0 Å². The van der Waals surface area contributed by atoms with E-state index in [-0.39, 0.29) is 17.3 Å². The summed E-state index contributed by atoms with van der Waals surface area (Å²) < 4.78 is 12.3. The van der Waals surface area contributed by atoms with E-state index in [1.54, 1.807) is 42.5 Å². The molecule has 4 rings (SSSR count). The van der Waals surface area contributed by atoms with Crippen LogP contribution in [0.1, 0.15) is 11.1 Å². The van der Waals surface area contributed by atoms with E-state index in [0.717, 1.165) is 9.13 Å². The molecule has 9 heteroatoms. The van der Waals surface area contributed by atoms with Gasteiger partial charge in [-0.15, -0.1) is 0 Å². The second-order valence-electron chi connectivity index (χ2n) is 7.21. The molecule has 1 aliphatic heterocycles. The smallest absolute Gasteiger partial charge is 0.270 e. The molecule has 1 aliphatic rings. The number of carbonyl (C=O) groups is 2. The van der Waals surface area contributed by atoms with E-state index in [9.17, 15) is 9.59 Å². The molecule has 3 aromatic carbocycles. The highest BCUT2D eigenvalue weighted by Crippen LogP contribution is 2.36. The highest BCUT2D eigenvalue weighted by Gasteiger charge is 2.34. The van der Waals surface area contributed by atoms with Gasteiger partial charge in [-0.25, -0.2) is 0 Å². The number of carbonyl (C=O) groups excluding carboxylic acids is 2. The topological polar surface area (TPSA) is 67.9 Å². The van der Waals surface area contributed by atoms with Crippen LogP contribution in [-0.4, -0.2) is 24.0 Å². The number of ether oxygens (including phenoxy) is 2. The van der Waals surface area contributed by atoms with Gasteiger partial charge in [0.05, 0.1) is 16.4 Å². The maximum absolute atomic E-state index is 13.2. The molecule has 1 saturated heterocycles. The third kappa shape index (κ3) is 5.08.